The second kappa shape index (κ2) is 6.63. The van der Waals surface area contributed by atoms with Crippen molar-refractivity contribution in [3.8, 4) is 0 Å². The molecule has 1 N–H and O–H groups in total. The Morgan fingerprint density at radius 3 is 2.44 bits per heavy atom. The Morgan fingerprint density at radius 1 is 1.38 bits per heavy atom. The van der Waals surface area contributed by atoms with Crippen molar-refractivity contribution in [1.29, 1.82) is 0 Å². The molecule has 2 aromatic heterocycles. The summed E-state index contributed by atoms with van der Waals surface area (Å²) in [4.78, 5) is 7.27. The number of hydrogen-bond donors (Lipinski definition) is 1. The molecular weight excluding hydrogens is 354 g/mol. The van der Waals surface area contributed by atoms with Gasteiger partial charge in [0.15, 0.2) is 4.73 Å². The highest BCUT2D eigenvalue weighted by Crippen LogP contribution is 2.01. The number of nitrogens with zero attached hydrogens (tertiary/aromatic N) is 5. The summed E-state index contributed by atoms with van der Waals surface area (Å²) < 4.78 is 25.3. The molecule has 0 radical (unpaired) electrons. The lowest BCUT2D eigenvalue weighted by molar-refractivity contribution is 0.121. The second-order valence-corrected chi connectivity index (χ2v) is 3.86. The molecule has 0 fully saturated rings. The normalized spacial score (nSPS) is 10.1. The number of hydrogen-bond acceptors (Lipinski definition) is 4. The zero-order valence-corrected chi connectivity index (χ0v) is 10.9. The maximum Gasteiger partial charge on any atom is 0.257 e. The fourth-order valence-electron chi connectivity index (χ4n) is 0.692. The Balaban J connectivity index is 0.000000181. The van der Waals surface area contributed by atoms with E-state index in [2.05, 4.69) is 57.1 Å². The van der Waals surface area contributed by atoms with E-state index >= 15 is 0 Å². The van der Waals surface area contributed by atoms with E-state index in [9.17, 15) is 8.78 Å². The zero-order valence-electron chi connectivity index (χ0n) is 7.69. The molecule has 2 heterocycles. The maximum absolute atomic E-state index is 11.6. The topological polar surface area (TPSA) is 72.3 Å². The first-order valence-corrected chi connectivity index (χ1v) is 5.50. The van der Waals surface area contributed by atoms with Gasteiger partial charge in [0, 0.05) is 0 Å². The lowest BCUT2D eigenvalue weighted by Gasteiger charge is -1.95. The maximum atomic E-state index is 11.6. The number of nitrogens with one attached hydrogen (secondary N) is 1. The lowest BCUT2D eigenvalue weighted by atomic mass is 10.7. The average molecular weight is 360 g/mol. The number of H-pyrrole nitrogens is 1. The van der Waals surface area contributed by atoms with Crippen LogP contribution in [0.2, 0.25) is 0 Å². The van der Waals surface area contributed by atoms with Crippen LogP contribution < -0.4 is 0 Å². The highest BCUT2D eigenvalue weighted by molar-refractivity contribution is 9.10. The van der Waals surface area contributed by atoms with Crippen LogP contribution in [0.3, 0.4) is 0 Å². The van der Waals surface area contributed by atoms with Gasteiger partial charge in [0.05, 0.1) is 0 Å². The summed E-state index contributed by atoms with van der Waals surface area (Å²) in [5.41, 5.74) is 0. The summed E-state index contributed by atoms with van der Waals surface area (Å²) in [5.74, 6) is 0. The molecule has 0 unspecified atom stereocenters. The van der Waals surface area contributed by atoms with Crippen molar-refractivity contribution in [3.63, 3.8) is 0 Å². The highest BCUT2D eigenvalue weighted by Gasteiger charge is 2.04. The highest BCUT2D eigenvalue weighted by atomic mass is 79.9. The SMILES string of the molecule is Brc1ncn[nH]1.FC(F)Cn1cnc(Br)n1. The third kappa shape index (κ3) is 5.26. The van der Waals surface area contributed by atoms with Gasteiger partial charge in [-0.1, -0.05) is 0 Å². The van der Waals surface area contributed by atoms with E-state index in [1.165, 1.54) is 12.7 Å². The molecule has 0 bridgehead atoms. The molecule has 0 atom stereocenters. The molecule has 0 aromatic carbocycles. The molecule has 0 saturated heterocycles. The van der Waals surface area contributed by atoms with Crippen LogP contribution in [-0.2, 0) is 6.54 Å². The molecule has 0 saturated carbocycles. The van der Waals surface area contributed by atoms with E-state index in [-0.39, 0.29) is 0 Å². The zero-order chi connectivity index (χ0) is 12.0. The summed E-state index contributed by atoms with van der Waals surface area (Å²) >= 11 is 5.99. The second-order valence-electron chi connectivity index (χ2n) is 2.40. The monoisotopic (exact) mass is 358 g/mol. The smallest absolute Gasteiger partial charge is 0.254 e. The number of aromatic amines is 1. The minimum Gasteiger partial charge on any atom is -0.254 e. The van der Waals surface area contributed by atoms with Gasteiger partial charge in [0.25, 0.3) is 6.43 Å². The van der Waals surface area contributed by atoms with Gasteiger partial charge >= 0.3 is 0 Å². The first-order chi connectivity index (χ1) is 7.58. The molecule has 10 heteroatoms. The molecule has 0 aliphatic carbocycles. The summed E-state index contributed by atoms with van der Waals surface area (Å²) in [7, 11) is 0. The standard InChI is InChI=1S/C4H4BrF2N3.C2H2BrN3/c5-4-8-2-10(9-4)1-3(6)7;3-2-4-1-5-6-2/h2-3H,1H2;1H,(H,4,5,6). The summed E-state index contributed by atoms with van der Waals surface area (Å²) in [6.45, 7) is -0.404. The van der Waals surface area contributed by atoms with Gasteiger partial charge in [0.1, 0.15) is 19.2 Å². The van der Waals surface area contributed by atoms with Gasteiger partial charge in [-0.3, -0.25) is 5.10 Å². The number of halogens is 4. The predicted octanol–water partition coefficient (Wildman–Crippen LogP) is 1.87. The van der Waals surface area contributed by atoms with Crippen LogP contribution in [0.25, 0.3) is 0 Å². The predicted molar refractivity (Wildman–Crippen MR) is 57.8 cm³/mol. The van der Waals surface area contributed by atoms with Crippen LogP contribution in [-0.4, -0.2) is 36.4 Å². The molecule has 6 nitrogen and oxygen atoms in total. The third-order valence-electron chi connectivity index (χ3n) is 1.22. The molecule has 0 aliphatic rings. The van der Waals surface area contributed by atoms with E-state index in [0.29, 0.717) is 9.47 Å². The van der Waals surface area contributed by atoms with Gasteiger partial charge in [-0.15, -0.1) is 5.10 Å². The van der Waals surface area contributed by atoms with Crippen molar-refractivity contribution >= 4 is 31.9 Å². The summed E-state index contributed by atoms with van der Waals surface area (Å²) in [5, 5.41) is 9.69. The fraction of sp³-hybridized carbons (Fsp3) is 0.333. The first kappa shape index (κ1) is 13.2. The van der Waals surface area contributed by atoms with Crippen LogP contribution in [0, 0.1) is 0 Å². The molecule has 16 heavy (non-hydrogen) atoms. The largest absolute Gasteiger partial charge is 0.257 e. The van der Waals surface area contributed by atoms with E-state index in [1.54, 1.807) is 0 Å². The van der Waals surface area contributed by atoms with E-state index in [1.807, 2.05) is 0 Å². The minimum absolute atomic E-state index is 0.327. The Hall–Kier alpha value is -0.900. The minimum atomic E-state index is -2.38. The molecule has 88 valence electrons. The lowest BCUT2D eigenvalue weighted by Crippen LogP contribution is -2.06. The van der Waals surface area contributed by atoms with Crippen LogP contribution in [0.15, 0.2) is 22.1 Å². The number of aromatic nitrogens is 6. The van der Waals surface area contributed by atoms with Gasteiger partial charge in [-0.05, 0) is 31.9 Å². The van der Waals surface area contributed by atoms with Gasteiger partial charge in [-0.2, -0.15) is 5.10 Å². The van der Waals surface area contributed by atoms with E-state index in [0.717, 1.165) is 4.68 Å². The first-order valence-electron chi connectivity index (χ1n) is 3.92. The van der Waals surface area contributed by atoms with Crippen molar-refractivity contribution in [2.45, 2.75) is 13.0 Å². The number of alkyl halides is 2. The van der Waals surface area contributed by atoms with Crippen molar-refractivity contribution < 1.29 is 8.78 Å². The third-order valence-corrected chi connectivity index (χ3v) is 1.96. The average Bonchev–Trinajstić information content (AvgIpc) is 2.78. The Morgan fingerprint density at radius 2 is 2.12 bits per heavy atom. The van der Waals surface area contributed by atoms with Gasteiger partial charge in [-0.25, -0.2) is 23.4 Å². The van der Waals surface area contributed by atoms with Crippen molar-refractivity contribution in [2.24, 2.45) is 0 Å². The Labute approximate surface area is 106 Å². The molecule has 0 spiro atoms. The van der Waals surface area contributed by atoms with Crippen molar-refractivity contribution in [3.05, 3.63) is 22.1 Å². The fourth-order valence-corrected chi connectivity index (χ4v) is 1.18. The molecule has 0 aliphatic heterocycles. The van der Waals surface area contributed by atoms with Gasteiger partial charge < -0.3 is 0 Å². The van der Waals surface area contributed by atoms with Gasteiger partial charge in [0.2, 0.25) is 4.73 Å². The van der Waals surface area contributed by atoms with Crippen LogP contribution >= 0.6 is 31.9 Å². The van der Waals surface area contributed by atoms with Crippen molar-refractivity contribution in [1.82, 2.24) is 29.9 Å². The summed E-state index contributed by atoms with van der Waals surface area (Å²) in [6, 6.07) is 0. The van der Waals surface area contributed by atoms with E-state index < -0.39 is 13.0 Å². The quantitative estimate of drug-likeness (QED) is 0.888. The number of rotatable bonds is 2. The van der Waals surface area contributed by atoms with Crippen LogP contribution in [0.1, 0.15) is 0 Å². The van der Waals surface area contributed by atoms with Crippen molar-refractivity contribution in [2.75, 3.05) is 0 Å². The molecule has 0 amide bonds. The molecular formula is C6H6Br2F2N6. The molecule has 2 aromatic rings. The molecule has 2 rings (SSSR count). The van der Waals surface area contributed by atoms with Crippen LogP contribution in [0.5, 0.6) is 0 Å². The Kier molecular flexibility index (Phi) is 5.46. The Bertz CT molecular complexity index is 403. The summed E-state index contributed by atoms with van der Waals surface area (Å²) in [6.07, 6.45) is 0.300. The van der Waals surface area contributed by atoms with E-state index in [4.69, 9.17) is 0 Å². The van der Waals surface area contributed by atoms with Crippen LogP contribution in [0.4, 0.5) is 8.78 Å².